The number of unbranched alkanes of at least 4 members (excludes halogenated alkanes) is 1. The molecule has 0 fully saturated rings. The highest BCUT2D eigenvalue weighted by atomic mass is 16.6. The number of esters is 2. The van der Waals surface area contributed by atoms with Gasteiger partial charge in [0.25, 0.3) is 0 Å². The number of carboxylic acids is 1. The minimum absolute atomic E-state index is 0.00372. The molecule has 0 aliphatic rings. The van der Waals surface area contributed by atoms with Gasteiger partial charge in [-0.25, -0.2) is 0 Å². The Balaban J connectivity index is -0.00000291. The fourth-order valence-corrected chi connectivity index (χ4v) is 2.61. The topological polar surface area (TPSA) is 116 Å². The van der Waals surface area contributed by atoms with Gasteiger partial charge in [0.15, 0.2) is 0 Å². The second kappa shape index (κ2) is 34.1. The van der Waals surface area contributed by atoms with Gasteiger partial charge >= 0.3 is 17.9 Å². The minimum Gasteiger partial charge on any atom is -0.481 e. The van der Waals surface area contributed by atoms with Crippen LogP contribution in [0.4, 0.5) is 0 Å². The predicted octanol–water partition coefficient (Wildman–Crippen LogP) is 7.24. The average Bonchev–Trinajstić information content (AvgIpc) is 2.93. The van der Waals surface area contributed by atoms with Crippen molar-refractivity contribution in [3.05, 3.63) is 60.8 Å². The highest BCUT2D eigenvalue weighted by molar-refractivity contribution is 5.76. The number of carboxylic acid groups (broad SMARTS) is 1. The van der Waals surface area contributed by atoms with Crippen molar-refractivity contribution in [1.29, 1.82) is 0 Å². The van der Waals surface area contributed by atoms with Gasteiger partial charge < -0.3 is 20.3 Å². The summed E-state index contributed by atoms with van der Waals surface area (Å²) < 4.78 is 9.86. The fraction of sp³-hybridized carbons (Fsp3) is 0.581. The second-order valence-corrected chi connectivity index (χ2v) is 7.53. The number of nitrogens with two attached hydrogens (primary N) is 1. The standard InChI is InChI=1S/C27H41NO6.2C2H6/c1-2-3-4-5-6-7-8-9-10-11-12-13-14-15-16-17-18-19-26(31)33-22-23-34-27(32)24(28)20-21-25(29)30;2*1-2/h3-4,6-7,9-10,12-13,15-16,24H,2,5,8,11,14,17-23,28H2,1H3,(H,29,30);2*1-2H3/b4-3-,7-6-,10-9-,13-12-,16-15-;;. The molecule has 7 heteroatoms. The SMILES string of the molecule is CC.CC.CC/C=C\C/C=C\C/C=C\C/C=C\C/C=C\CCCC(=O)OCCOC(=O)C(N)CCC(=O)O. The Morgan fingerprint density at radius 3 is 1.63 bits per heavy atom. The molecule has 0 radical (unpaired) electrons. The molecule has 0 bridgehead atoms. The van der Waals surface area contributed by atoms with Crippen LogP contribution in [0.3, 0.4) is 0 Å². The van der Waals surface area contributed by atoms with E-state index in [2.05, 4.69) is 61.6 Å². The molecular weight excluding hydrogens is 482 g/mol. The van der Waals surface area contributed by atoms with Gasteiger partial charge in [0.2, 0.25) is 0 Å². The quantitative estimate of drug-likeness (QED) is 0.0958. The van der Waals surface area contributed by atoms with Crippen LogP contribution >= 0.6 is 0 Å². The highest BCUT2D eigenvalue weighted by Gasteiger charge is 2.16. The smallest absolute Gasteiger partial charge is 0.323 e. The van der Waals surface area contributed by atoms with Crippen molar-refractivity contribution in [2.24, 2.45) is 5.73 Å². The van der Waals surface area contributed by atoms with E-state index < -0.39 is 18.0 Å². The average molecular weight is 536 g/mol. The zero-order valence-corrected chi connectivity index (χ0v) is 24.4. The first-order valence-corrected chi connectivity index (χ1v) is 14.0. The maximum atomic E-state index is 11.7. The molecule has 0 aromatic carbocycles. The second-order valence-electron chi connectivity index (χ2n) is 7.53. The van der Waals surface area contributed by atoms with E-state index in [0.29, 0.717) is 12.8 Å². The molecule has 0 amide bonds. The van der Waals surface area contributed by atoms with Crippen LogP contribution in [-0.2, 0) is 23.9 Å². The van der Waals surface area contributed by atoms with Crippen LogP contribution in [0.2, 0.25) is 0 Å². The van der Waals surface area contributed by atoms with Crippen LogP contribution in [0, 0.1) is 0 Å². The zero-order valence-electron chi connectivity index (χ0n) is 24.4. The van der Waals surface area contributed by atoms with Crippen LogP contribution in [0.1, 0.15) is 98.8 Å². The van der Waals surface area contributed by atoms with Crippen LogP contribution in [0.5, 0.6) is 0 Å². The lowest BCUT2D eigenvalue weighted by atomic mass is 10.2. The number of carbonyl (C=O) groups is 3. The molecule has 0 saturated heterocycles. The van der Waals surface area contributed by atoms with Gasteiger partial charge in [-0.1, -0.05) is 95.4 Å². The normalized spacial score (nSPS) is 11.9. The molecule has 0 rings (SSSR count). The summed E-state index contributed by atoms with van der Waals surface area (Å²) in [7, 11) is 0. The maximum absolute atomic E-state index is 11.7. The number of hydrogen-bond acceptors (Lipinski definition) is 6. The Morgan fingerprint density at radius 2 is 1.16 bits per heavy atom. The third-order valence-electron chi connectivity index (χ3n) is 4.47. The van der Waals surface area contributed by atoms with Crippen molar-refractivity contribution in [1.82, 2.24) is 0 Å². The number of aliphatic carboxylic acids is 1. The van der Waals surface area contributed by atoms with E-state index in [1.54, 1.807) is 0 Å². The molecular formula is C31H53NO6. The molecule has 0 aliphatic heterocycles. The first kappa shape index (κ1) is 39.6. The monoisotopic (exact) mass is 535 g/mol. The third kappa shape index (κ3) is 33.1. The van der Waals surface area contributed by atoms with Crippen molar-refractivity contribution in [3.63, 3.8) is 0 Å². The maximum Gasteiger partial charge on any atom is 0.323 e. The molecule has 0 saturated carbocycles. The number of ether oxygens (including phenoxy) is 2. The number of rotatable bonds is 20. The Morgan fingerprint density at radius 1 is 0.711 bits per heavy atom. The van der Waals surface area contributed by atoms with E-state index in [9.17, 15) is 14.4 Å². The summed E-state index contributed by atoms with van der Waals surface area (Å²) in [4.78, 5) is 33.7. The zero-order chi connectivity index (χ0) is 29.3. The Bertz CT molecular complexity index is 707. The first-order valence-electron chi connectivity index (χ1n) is 14.0. The molecule has 0 aromatic heterocycles. The van der Waals surface area contributed by atoms with Crippen molar-refractivity contribution < 1.29 is 29.0 Å². The summed E-state index contributed by atoms with van der Waals surface area (Å²) in [5.41, 5.74) is 5.52. The van der Waals surface area contributed by atoms with E-state index in [1.807, 2.05) is 33.8 Å². The summed E-state index contributed by atoms with van der Waals surface area (Å²) in [5.74, 6) is -2.07. The Hall–Kier alpha value is -2.93. The Labute approximate surface area is 231 Å². The molecule has 0 spiro atoms. The molecule has 1 unspecified atom stereocenters. The van der Waals surface area contributed by atoms with Crippen LogP contribution < -0.4 is 5.73 Å². The van der Waals surface area contributed by atoms with E-state index in [1.165, 1.54) is 0 Å². The largest absolute Gasteiger partial charge is 0.481 e. The van der Waals surface area contributed by atoms with Crippen LogP contribution in [0.15, 0.2) is 60.8 Å². The Kier molecular flexibility index (Phi) is 35.5. The molecule has 38 heavy (non-hydrogen) atoms. The van der Waals surface area contributed by atoms with E-state index in [4.69, 9.17) is 20.3 Å². The van der Waals surface area contributed by atoms with Gasteiger partial charge in [-0.05, 0) is 51.4 Å². The molecule has 3 N–H and O–H groups in total. The van der Waals surface area contributed by atoms with Crippen molar-refractivity contribution in [2.75, 3.05) is 13.2 Å². The lowest BCUT2D eigenvalue weighted by Crippen LogP contribution is -2.33. The van der Waals surface area contributed by atoms with E-state index >= 15 is 0 Å². The predicted molar refractivity (Wildman–Crippen MR) is 158 cm³/mol. The number of allylic oxidation sites excluding steroid dienone is 10. The van der Waals surface area contributed by atoms with Gasteiger partial charge in [0.1, 0.15) is 19.3 Å². The van der Waals surface area contributed by atoms with Gasteiger partial charge in [0, 0.05) is 12.8 Å². The van der Waals surface area contributed by atoms with Crippen molar-refractivity contribution in [3.8, 4) is 0 Å². The molecule has 0 aliphatic carbocycles. The van der Waals surface area contributed by atoms with E-state index in [-0.39, 0.29) is 32.0 Å². The van der Waals surface area contributed by atoms with Crippen molar-refractivity contribution in [2.45, 2.75) is 105 Å². The van der Waals surface area contributed by atoms with E-state index in [0.717, 1.165) is 38.5 Å². The van der Waals surface area contributed by atoms with Crippen LogP contribution in [-0.4, -0.2) is 42.3 Å². The third-order valence-corrected chi connectivity index (χ3v) is 4.47. The lowest BCUT2D eigenvalue weighted by Gasteiger charge is -2.10. The number of hydrogen-bond donors (Lipinski definition) is 2. The minimum atomic E-state index is -1.03. The fourth-order valence-electron chi connectivity index (χ4n) is 2.61. The van der Waals surface area contributed by atoms with Crippen molar-refractivity contribution >= 4 is 17.9 Å². The summed E-state index contributed by atoms with van der Waals surface area (Å²) >= 11 is 0. The summed E-state index contributed by atoms with van der Waals surface area (Å²) in [6.07, 6.45) is 27.8. The molecule has 0 heterocycles. The molecule has 0 aromatic rings. The lowest BCUT2D eigenvalue weighted by molar-refractivity contribution is -0.153. The van der Waals surface area contributed by atoms with Gasteiger partial charge in [-0.2, -0.15) is 0 Å². The van der Waals surface area contributed by atoms with Crippen LogP contribution in [0.25, 0.3) is 0 Å². The van der Waals surface area contributed by atoms with Gasteiger partial charge in [-0.15, -0.1) is 0 Å². The number of carbonyl (C=O) groups excluding carboxylic acids is 2. The highest BCUT2D eigenvalue weighted by Crippen LogP contribution is 2.02. The molecule has 1 atom stereocenters. The summed E-state index contributed by atoms with van der Waals surface area (Å²) in [6.45, 7) is 9.99. The van der Waals surface area contributed by atoms with Gasteiger partial charge in [0.05, 0.1) is 0 Å². The van der Waals surface area contributed by atoms with Gasteiger partial charge in [-0.3, -0.25) is 14.4 Å². The summed E-state index contributed by atoms with van der Waals surface area (Å²) in [5, 5.41) is 8.56. The molecule has 218 valence electrons. The summed E-state index contributed by atoms with van der Waals surface area (Å²) in [6, 6.07) is -0.990. The first-order chi connectivity index (χ1) is 18.5. The molecule has 7 nitrogen and oxygen atoms in total.